The quantitative estimate of drug-likeness (QED) is 0.142. The Hall–Kier alpha value is -9.06. The molecule has 0 aliphatic carbocycles. The summed E-state index contributed by atoms with van der Waals surface area (Å²) >= 11 is 0. The summed E-state index contributed by atoms with van der Waals surface area (Å²) in [5.74, 6) is 1.83. The van der Waals surface area contributed by atoms with Crippen molar-refractivity contribution < 1.29 is 0 Å². The van der Waals surface area contributed by atoms with Crippen LogP contribution in [0.5, 0.6) is 0 Å². The minimum atomic E-state index is -0.244. The summed E-state index contributed by atoms with van der Waals surface area (Å²) < 4.78 is 0. The van der Waals surface area contributed by atoms with E-state index in [1.165, 1.54) is 21.9 Å². The second-order valence-corrected chi connectivity index (χ2v) is 17.8. The Balaban J connectivity index is 1.32. The summed E-state index contributed by atoms with van der Waals surface area (Å²) in [6.07, 6.45) is 0. The van der Waals surface area contributed by atoms with Crippen molar-refractivity contribution in [3.63, 3.8) is 0 Å². The zero-order valence-corrected chi connectivity index (χ0v) is 38.2. The molecule has 0 fully saturated rings. The van der Waals surface area contributed by atoms with Crippen LogP contribution in [-0.2, 0) is 0 Å². The minimum absolute atomic E-state index is 0.244. The largest absolute Gasteiger partial charge is 0.311 e. The lowest BCUT2D eigenvalue weighted by Gasteiger charge is -2.45. The maximum atomic E-state index is 5.72. The van der Waals surface area contributed by atoms with Gasteiger partial charge in [-0.2, -0.15) is 0 Å². The summed E-state index contributed by atoms with van der Waals surface area (Å²) in [4.78, 5) is 21.8. The van der Waals surface area contributed by atoms with Crippen molar-refractivity contribution in [2.75, 3.05) is 9.80 Å². The van der Waals surface area contributed by atoms with Crippen LogP contribution in [0.4, 0.5) is 34.1 Å². The summed E-state index contributed by atoms with van der Waals surface area (Å²) in [6.45, 7) is -0.489. The lowest BCUT2D eigenvalue weighted by Crippen LogP contribution is -2.63. The van der Waals surface area contributed by atoms with Crippen molar-refractivity contribution in [2.45, 2.75) is 0 Å². The predicted octanol–water partition coefficient (Wildman–Crippen LogP) is 11.1. The molecule has 0 atom stereocenters. The number of benzene rings is 10. The van der Waals surface area contributed by atoms with Gasteiger partial charge in [-0.15, -0.1) is 0 Å². The molecule has 10 aromatic carbocycles. The molecule has 5 nitrogen and oxygen atoms in total. The Morgan fingerprint density at radius 1 is 0.271 bits per heavy atom. The van der Waals surface area contributed by atoms with E-state index in [2.05, 4.69) is 259 Å². The highest BCUT2D eigenvalue weighted by Crippen LogP contribution is 2.51. The third-order valence-electron chi connectivity index (χ3n) is 13.8. The smallest absolute Gasteiger partial charge is 0.247 e. The van der Waals surface area contributed by atoms with Gasteiger partial charge < -0.3 is 9.80 Å². The van der Waals surface area contributed by atoms with Crippen LogP contribution in [-0.4, -0.2) is 28.4 Å². The average molecular weight is 892 g/mol. The number of nitrogens with zero attached hydrogens (tertiary/aromatic N) is 5. The molecule has 0 radical (unpaired) electrons. The summed E-state index contributed by atoms with van der Waals surface area (Å²) in [7, 11) is 0. The molecule has 326 valence electrons. The number of para-hydroxylation sites is 4. The zero-order chi connectivity index (χ0) is 46.4. The van der Waals surface area contributed by atoms with E-state index in [1.54, 1.807) is 0 Å². The number of rotatable bonds is 8. The van der Waals surface area contributed by atoms with Gasteiger partial charge in [0.25, 0.3) is 0 Å². The highest BCUT2D eigenvalue weighted by Gasteiger charge is 2.47. The minimum Gasteiger partial charge on any atom is -0.311 e. The Bertz CT molecular complexity index is 3440. The van der Waals surface area contributed by atoms with Crippen LogP contribution in [0.25, 0.3) is 45.3 Å². The fraction of sp³-hybridized carbons (Fsp3) is 0. The first kappa shape index (κ1) is 41.2. The van der Waals surface area contributed by atoms with Gasteiger partial charge in [0, 0.05) is 45.0 Å². The van der Waals surface area contributed by atoms with Crippen LogP contribution in [0.15, 0.2) is 261 Å². The van der Waals surface area contributed by atoms with Gasteiger partial charge in [0.15, 0.2) is 17.5 Å². The molecule has 0 spiro atoms. The van der Waals surface area contributed by atoms with Crippen molar-refractivity contribution in [1.29, 1.82) is 0 Å². The number of hydrogen-bond acceptors (Lipinski definition) is 5. The SMILES string of the molecule is c1ccc(B2c3ccccc3N(c3ccccc3)c3c2c(-c2nc(-c4ccccc4)nc(-c4ccccc4)n2)c2c(c3-c3ccccc3)N(c3ccccc3)c3ccccc3B2c2ccccc2)cc1. The summed E-state index contributed by atoms with van der Waals surface area (Å²) in [5, 5.41) is 0. The lowest BCUT2D eigenvalue weighted by molar-refractivity contribution is 1.08. The van der Waals surface area contributed by atoms with Crippen LogP contribution >= 0.6 is 0 Å². The van der Waals surface area contributed by atoms with Gasteiger partial charge >= 0.3 is 0 Å². The highest BCUT2D eigenvalue weighted by atomic mass is 15.2. The van der Waals surface area contributed by atoms with Crippen molar-refractivity contribution in [2.24, 2.45) is 0 Å². The van der Waals surface area contributed by atoms with Gasteiger partial charge in [-0.05, 0) is 63.8 Å². The Morgan fingerprint density at radius 3 is 0.986 bits per heavy atom. The third-order valence-corrected chi connectivity index (χ3v) is 13.8. The maximum absolute atomic E-state index is 5.72. The zero-order valence-electron chi connectivity index (χ0n) is 38.2. The number of fused-ring (bicyclic) bond motifs is 4. The second kappa shape index (κ2) is 17.5. The van der Waals surface area contributed by atoms with Gasteiger partial charge in [0.05, 0.1) is 11.4 Å². The average Bonchev–Trinajstić information content (AvgIpc) is 3.44. The molecule has 2 aliphatic rings. The topological polar surface area (TPSA) is 45.2 Å². The molecule has 1 aromatic heterocycles. The first-order valence-electron chi connectivity index (χ1n) is 23.9. The molecule has 0 amide bonds. The monoisotopic (exact) mass is 891 g/mol. The van der Waals surface area contributed by atoms with E-state index in [1.807, 2.05) is 12.1 Å². The van der Waals surface area contributed by atoms with Crippen LogP contribution in [0.3, 0.4) is 0 Å². The van der Waals surface area contributed by atoms with E-state index < -0.39 is 0 Å². The number of hydrogen-bond donors (Lipinski definition) is 0. The van der Waals surface area contributed by atoms with Crippen molar-refractivity contribution in [1.82, 2.24) is 15.0 Å². The molecule has 13 rings (SSSR count). The van der Waals surface area contributed by atoms with Gasteiger partial charge in [0.1, 0.15) is 0 Å². The van der Waals surface area contributed by atoms with Crippen LogP contribution in [0, 0.1) is 0 Å². The number of aromatic nitrogens is 3. The van der Waals surface area contributed by atoms with Crippen LogP contribution in [0.1, 0.15) is 0 Å². The van der Waals surface area contributed by atoms with E-state index in [-0.39, 0.29) is 13.4 Å². The van der Waals surface area contributed by atoms with E-state index in [9.17, 15) is 0 Å². The van der Waals surface area contributed by atoms with Gasteiger partial charge in [-0.1, -0.05) is 235 Å². The molecule has 0 saturated carbocycles. The molecular formula is C63H43B2N5. The Morgan fingerprint density at radius 2 is 0.586 bits per heavy atom. The molecule has 3 heterocycles. The molecule has 11 aromatic rings. The molecule has 2 aliphatic heterocycles. The second-order valence-electron chi connectivity index (χ2n) is 17.8. The normalized spacial score (nSPS) is 12.5. The van der Waals surface area contributed by atoms with E-state index in [4.69, 9.17) is 15.0 Å². The predicted molar refractivity (Wildman–Crippen MR) is 293 cm³/mol. The molecule has 0 bridgehead atoms. The van der Waals surface area contributed by atoms with E-state index >= 15 is 0 Å². The highest BCUT2D eigenvalue weighted by molar-refractivity contribution is 7.02. The Kier molecular flexibility index (Phi) is 10.3. The molecule has 70 heavy (non-hydrogen) atoms. The molecule has 0 unspecified atom stereocenters. The first-order valence-corrected chi connectivity index (χ1v) is 23.9. The molecule has 0 saturated heterocycles. The molecule has 0 N–H and O–H groups in total. The lowest BCUT2D eigenvalue weighted by atomic mass is 9.30. The molecule has 7 heteroatoms. The standard InChI is InChI=1S/C63H43B2N5/c1-8-26-44(27-9-1)55-59-57(64(47-32-14-4-15-33-47)51-40-22-24-42-53(51)69(59)49-36-18-6-19-37-49)56(63-67-61(45-28-10-2-11-29-45)66-62(68-63)46-30-12-3-13-31-46)58-60(55)70(50-38-20-7-21-39-50)54-43-25-23-41-52(54)65(58)48-34-16-5-17-35-48/h1-43H. The fourth-order valence-corrected chi connectivity index (χ4v) is 10.9. The van der Waals surface area contributed by atoms with Gasteiger partial charge in [0.2, 0.25) is 13.4 Å². The first-order chi connectivity index (χ1) is 34.8. The number of anilines is 6. The fourth-order valence-electron chi connectivity index (χ4n) is 10.9. The van der Waals surface area contributed by atoms with Crippen molar-refractivity contribution in [3.05, 3.63) is 261 Å². The van der Waals surface area contributed by atoms with E-state index in [0.717, 1.165) is 72.9 Å². The van der Waals surface area contributed by atoms with Crippen molar-refractivity contribution >= 4 is 80.3 Å². The molecular weight excluding hydrogens is 848 g/mol. The van der Waals surface area contributed by atoms with Crippen LogP contribution < -0.4 is 42.6 Å². The van der Waals surface area contributed by atoms with Crippen LogP contribution in [0.2, 0.25) is 0 Å². The summed E-state index contributed by atoms with van der Waals surface area (Å²) in [5.41, 5.74) is 18.5. The van der Waals surface area contributed by atoms with Gasteiger partial charge in [-0.25, -0.2) is 15.0 Å². The Labute approximate surface area is 409 Å². The maximum Gasteiger partial charge on any atom is 0.247 e. The van der Waals surface area contributed by atoms with Gasteiger partial charge in [-0.3, -0.25) is 0 Å². The third kappa shape index (κ3) is 6.93. The van der Waals surface area contributed by atoms with Crippen molar-refractivity contribution in [3.8, 4) is 45.3 Å². The van der Waals surface area contributed by atoms with E-state index in [0.29, 0.717) is 17.5 Å². The summed E-state index contributed by atoms with van der Waals surface area (Å²) in [6, 6.07) is 93.4.